The summed E-state index contributed by atoms with van der Waals surface area (Å²) in [6.45, 7) is 3.93. The molecule has 0 saturated heterocycles. The van der Waals surface area contributed by atoms with E-state index in [1.807, 2.05) is 25.8 Å². The maximum absolute atomic E-state index is 8.00. The SMILES string of the molecule is C=O.Cc1cccnc1Cl. The minimum Gasteiger partial charge on any atom is -0.307 e. The number of hydrogen-bond donors (Lipinski definition) is 0. The van der Waals surface area contributed by atoms with Crippen molar-refractivity contribution in [3.63, 3.8) is 0 Å². The molecular formula is C7H8ClNO. The van der Waals surface area contributed by atoms with E-state index in [4.69, 9.17) is 16.4 Å². The number of halogens is 1. The number of hydrogen-bond acceptors (Lipinski definition) is 2. The zero-order valence-corrected chi connectivity index (χ0v) is 6.43. The highest BCUT2D eigenvalue weighted by molar-refractivity contribution is 6.30. The Bertz CT molecular complexity index is 182. The minimum atomic E-state index is 0.590. The van der Waals surface area contributed by atoms with Crippen LogP contribution in [-0.4, -0.2) is 11.8 Å². The Kier molecular flexibility index (Phi) is 4.50. The van der Waals surface area contributed by atoms with Crippen molar-refractivity contribution in [1.29, 1.82) is 0 Å². The monoisotopic (exact) mass is 157 g/mol. The van der Waals surface area contributed by atoms with E-state index in [0.717, 1.165) is 5.56 Å². The lowest BCUT2D eigenvalue weighted by Gasteiger charge is -1.89. The molecule has 10 heavy (non-hydrogen) atoms. The molecule has 0 aliphatic heterocycles. The molecule has 0 spiro atoms. The van der Waals surface area contributed by atoms with E-state index in [-0.39, 0.29) is 0 Å². The first-order chi connectivity index (χ1) is 4.80. The van der Waals surface area contributed by atoms with Crippen LogP contribution < -0.4 is 0 Å². The highest BCUT2D eigenvalue weighted by Crippen LogP contribution is 2.07. The molecule has 0 radical (unpaired) electrons. The molecule has 1 heterocycles. The summed E-state index contributed by atoms with van der Waals surface area (Å²) < 4.78 is 0. The molecule has 1 aromatic rings. The molecule has 1 rings (SSSR count). The van der Waals surface area contributed by atoms with Crippen LogP contribution in [0.3, 0.4) is 0 Å². The van der Waals surface area contributed by atoms with Crippen LogP contribution in [-0.2, 0) is 4.79 Å². The number of nitrogens with zero attached hydrogens (tertiary/aromatic N) is 1. The Hall–Kier alpha value is -0.890. The smallest absolute Gasteiger partial charge is 0.131 e. The van der Waals surface area contributed by atoms with Gasteiger partial charge in [0.2, 0.25) is 0 Å². The van der Waals surface area contributed by atoms with Gasteiger partial charge in [-0.15, -0.1) is 0 Å². The Morgan fingerprint density at radius 1 is 1.60 bits per heavy atom. The summed E-state index contributed by atoms with van der Waals surface area (Å²) in [6, 6.07) is 3.79. The first-order valence-electron chi connectivity index (χ1n) is 2.66. The fraction of sp³-hybridized carbons (Fsp3) is 0.143. The van der Waals surface area contributed by atoms with Crippen molar-refractivity contribution < 1.29 is 4.79 Å². The first kappa shape index (κ1) is 9.11. The largest absolute Gasteiger partial charge is 0.307 e. The van der Waals surface area contributed by atoms with Crippen LogP contribution in [0.5, 0.6) is 0 Å². The Balaban J connectivity index is 0.000000371. The molecule has 0 saturated carbocycles. The summed E-state index contributed by atoms with van der Waals surface area (Å²) in [7, 11) is 0. The standard InChI is InChI=1S/C6H6ClN.CH2O/c1-5-3-2-4-8-6(5)7;1-2/h2-4H,1H3;1H2. The Morgan fingerprint density at radius 3 is 2.50 bits per heavy atom. The number of aryl methyl sites for hydroxylation is 1. The van der Waals surface area contributed by atoms with Crippen molar-refractivity contribution >= 4 is 18.4 Å². The van der Waals surface area contributed by atoms with Gasteiger partial charge in [-0.1, -0.05) is 17.7 Å². The van der Waals surface area contributed by atoms with Crippen LogP contribution in [0.25, 0.3) is 0 Å². The number of carbonyl (C=O) groups is 1. The zero-order valence-electron chi connectivity index (χ0n) is 5.67. The average molecular weight is 158 g/mol. The predicted molar refractivity (Wildman–Crippen MR) is 41.1 cm³/mol. The van der Waals surface area contributed by atoms with E-state index >= 15 is 0 Å². The molecule has 0 atom stereocenters. The van der Waals surface area contributed by atoms with Gasteiger partial charge in [0, 0.05) is 6.20 Å². The average Bonchev–Trinajstić information content (AvgIpc) is 2.00. The van der Waals surface area contributed by atoms with Crippen LogP contribution in [0.4, 0.5) is 0 Å². The summed E-state index contributed by atoms with van der Waals surface area (Å²) >= 11 is 5.60. The van der Waals surface area contributed by atoms with Crippen LogP contribution in [0.1, 0.15) is 5.56 Å². The highest BCUT2D eigenvalue weighted by Gasteiger charge is 1.88. The van der Waals surface area contributed by atoms with E-state index in [9.17, 15) is 0 Å². The second-order valence-corrected chi connectivity index (χ2v) is 1.97. The van der Waals surface area contributed by atoms with E-state index in [1.54, 1.807) is 6.20 Å². The Labute approximate surface area is 64.9 Å². The summed E-state index contributed by atoms with van der Waals surface area (Å²) in [5.74, 6) is 0. The van der Waals surface area contributed by atoms with Crippen molar-refractivity contribution in [1.82, 2.24) is 4.98 Å². The van der Waals surface area contributed by atoms with Crippen molar-refractivity contribution in [3.05, 3.63) is 29.0 Å². The summed E-state index contributed by atoms with van der Waals surface area (Å²) in [5.41, 5.74) is 1.02. The lowest BCUT2D eigenvalue weighted by atomic mass is 10.3. The van der Waals surface area contributed by atoms with Gasteiger partial charge < -0.3 is 4.79 Å². The lowest BCUT2D eigenvalue weighted by molar-refractivity contribution is -0.0979. The number of rotatable bonds is 0. The van der Waals surface area contributed by atoms with Gasteiger partial charge in [0.15, 0.2) is 0 Å². The van der Waals surface area contributed by atoms with Crippen molar-refractivity contribution in [3.8, 4) is 0 Å². The number of carbonyl (C=O) groups excluding carboxylic acids is 1. The lowest BCUT2D eigenvalue weighted by Crippen LogP contribution is -1.75. The third-order valence-corrected chi connectivity index (χ3v) is 1.34. The molecule has 3 heteroatoms. The van der Waals surface area contributed by atoms with E-state index in [2.05, 4.69) is 4.98 Å². The van der Waals surface area contributed by atoms with Gasteiger partial charge in [0.25, 0.3) is 0 Å². The van der Waals surface area contributed by atoms with Gasteiger partial charge in [-0.05, 0) is 18.6 Å². The fourth-order valence-corrected chi connectivity index (χ4v) is 0.586. The number of pyridine rings is 1. The van der Waals surface area contributed by atoms with Crippen molar-refractivity contribution in [2.75, 3.05) is 0 Å². The molecule has 0 aliphatic rings. The molecule has 54 valence electrons. The summed E-state index contributed by atoms with van der Waals surface area (Å²) in [5, 5.41) is 0.590. The molecular weight excluding hydrogens is 150 g/mol. The Morgan fingerprint density at radius 2 is 2.20 bits per heavy atom. The van der Waals surface area contributed by atoms with E-state index < -0.39 is 0 Å². The van der Waals surface area contributed by atoms with Gasteiger partial charge >= 0.3 is 0 Å². The zero-order chi connectivity index (χ0) is 7.98. The van der Waals surface area contributed by atoms with Crippen LogP contribution >= 0.6 is 11.6 Å². The third-order valence-electron chi connectivity index (χ3n) is 0.946. The third kappa shape index (κ3) is 2.60. The summed E-state index contributed by atoms with van der Waals surface area (Å²) in [4.78, 5) is 11.8. The van der Waals surface area contributed by atoms with Gasteiger partial charge in [-0.3, -0.25) is 0 Å². The van der Waals surface area contributed by atoms with Gasteiger partial charge in [-0.2, -0.15) is 0 Å². The molecule has 0 aliphatic carbocycles. The second kappa shape index (κ2) is 4.94. The summed E-state index contributed by atoms with van der Waals surface area (Å²) in [6.07, 6.45) is 1.68. The van der Waals surface area contributed by atoms with E-state index in [0.29, 0.717) is 5.15 Å². The van der Waals surface area contributed by atoms with Crippen molar-refractivity contribution in [2.24, 2.45) is 0 Å². The topological polar surface area (TPSA) is 30.0 Å². The van der Waals surface area contributed by atoms with Gasteiger partial charge in [0.05, 0.1) is 0 Å². The maximum Gasteiger partial charge on any atom is 0.131 e. The molecule has 1 aromatic heterocycles. The van der Waals surface area contributed by atoms with E-state index in [1.165, 1.54) is 0 Å². The van der Waals surface area contributed by atoms with Crippen LogP contribution in [0.15, 0.2) is 18.3 Å². The van der Waals surface area contributed by atoms with Crippen molar-refractivity contribution in [2.45, 2.75) is 6.92 Å². The minimum absolute atomic E-state index is 0.590. The quantitative estimate of drug-likeness (QED) is 0.538. The number of aromatic nitrogens is 1. The molecule has 0 unspecified atom stereocenters. The normalized spacial score (nSPS) is 7.80. The fourth-order valence-electron chi connectivity index (χ4n) is 0.466. The van der Waals surface area contributed by atoms with Gasteiger partial charge in [-0.25, -0.2) is 4.98 Å². The van der Waals surface area contributed by atoms with Gasteiger partial charge in [0.1, 0.15) is 11.9 Å². The first-order valence-corrected chi connectivity index (χ1v) is 3.04. The molecule has 0 amide bonds. The molecule has 2 nitrogen and oxygen atoms in total. The molecule has 0 bridgehead atoms. The predicted octanol–water partition coefficient (Wildman–Crippen LogP) is 1.86. The molecule has 0 aromatic carbocycles. The maximum atomic E-state index is 8.00. The van der Waals surface area contributed by atoms with Crippen LogP contribution in [0, 0.1) is 6.92 Å². The van der Waals surface area contributed by atoms with Crippen LogP contribution in [0.2, 0.25) is 5.15 Å². The highest BCUT2D eigenvalue weighted by atomic mass is 35.5. The second-order valence-electron chi connectivity index (χ2n) is 1.61. The molecule has 0 fully saturated rings. The molecule has 0 N–H and O–H groups in total.